The number of rotatable bonds is 2. The average Bonchev–Trinajstić information content (AvgIpc) is 2.48. The number of nitrogens with zero attached hydrogens (tertiary/aromatic N) is 2. The van der Waals surface area contributed by atoms with Crippen molar-refractivity contribution in [2.24, 2.45) is 0 Å². The van der Waals surface area contributed by atoms with Crippen LogP contribution in [0, 0.1) is 11.3 Å². The summed E-state index contributed by atoms with van der Waals surface area (Å²) in [6.07, 6.45) is 0. The van der Waals surface area contributed by atoms with Gasteiger partial charge in [0.2, 0.25) is 0 Å². The lowest BCUT2D eigenvalue weighted by Gasteiger charge is -2.18. The van der Waals surface area contributed by atoms with E-state index in [9.17, 15) is 9.90 Å². The summed E-state index contributed by atoms with van der Waals surface area (Å²) >= 11 is 0. The van der Waals surface area contributed by atoms with E-state index in [2.05, 4.69) is 0 Å². The summed E-state index contributed by atoms with van der Waals surface area (Å²) in [5.74, 6) is -0.471. The van der Waals surface area contributed by atoms with Crippen LogP contribution in [-0.2, 0) is 0 Å². The molecule has 0 radical (unpaired) electrons. The first-order chi connectivity index (χ1) is 9.54. The molecule has 0 spiro atoms. The van der Waals surface area contributed by atoms with Gasteiger partial charge >= 0.3 is 0 Å². The Hall–Kier alpha value is -3.00. The molecule has 0 aliphatic carbocycles. The second-order valence-corrected chi connectivity index (χ2v) is 4.27. The van der Waals surface area contributed by atoms with Crippen LogP contribution in [0.1, 0.15) is 15.9 Å². The highest BCUT2D eigenvalue weighted by atomic mass is 16.3. The zero-order chi connectivity index (χ0) is 14.7. The minimum absolute atomic E-state index is 0.141. The van der Waals surface area contributed by atoms with E-state index in [0.717, 1.165) is 0 Å². The molecule has 2 aromatic rings. The number of nitriles is 1. The molecular formula is C15H13N3O2. The van der Waals surface area contributed by atoms with E-state index >= 15 is 0 Å². The van der Waals surface area contributed by atoms with Crippen molar-refractivity contribution < 1.29 is 9.90 Å². The number of carbonyl (C=O) groups excluding carboxylic acids is 1. The Morgan fingerprint density at radius 3 is 2.65 bits per heavy atom. The molecule has 0 aliphatic heterocycles. The Labute approximate surface area is 116 Å². The van der Waals surface area contributed by atoms with Gasteiger partial charge in [-0.1, -0.05) is 12.1 Å². The van der Waals surface area contributed by atoms with Gasteiger partial charge in [-0.3, -0.25) is 4.79 Å². The third-order valence-corrected chi connectivity index (χ3v) is 2.97. The predicted molar refractivity (Wildman–Crippen MR) is 76.4 cm³/mol. The second kappa shape index (κ2) is 5.33. The molecular weight excluding hydrogens is 254 g/mol. The fourth-order valence-corrected chi connectivity index (χ4v) is 1.84. The van der Waals surface area contributed by atoms with Crippen molar-refractivity contribution in [1.29, 1.82) is 5.26 Å². The lowest BCUT2D eigenvalue weighted by Crippen LogP contribution is -2.26. The summed E-state index contributed by atoms with van der Waals surface area (Å²) in [5, 5.41) is 18.6. The number of anilines is 2. The number of benzene rings is 2. The van der Waals surface area contributed by atoms with Gasteiger partial charge in [0.1, 0.15) is 11.8 Å². The molecule has 2 aromatic carbocycles. The van der Waals surface area contributed by atoms with Crippen molar-refractivity contribution in [2.45, 2.75) is 0 Å². The molecule has 0 saturated carbocycles. The fourth-order valence-electron chi connectivity index (χ4n) is 1.84. The third-order valence-electron chi connectivity index (χ3n) is 2.97. The number of hydrogen-bond donors (Lipinski definition) is 2. The maximum Gasteiger partial charge on any atom is 0.258 e. The normalized spacial score (nSPS) is 9.80. The van der Waals surface area contributed by atoms with E-state index in [1.807, 2.05) is 6.07 Å². The number of phenols is 1. The number of aromatic hydroxyl groups is 1. The quantitative estimate of drug-likeness (QED) is 0.644. The molecule has 0 heterocycles. The van der Waals surface area contributed by atoms with Gasteiger partial charge < -0.3 is 15.7 Å². The molecule has 0 atom stereocenters. The van der Waals surface area contributed by atoms with E-state index in [-0.39, 0.29) is 17.3 Å². The zero-order valence-corrected chi connectivity index (χ0v) is 10.9. The van der Waals surface area contributed by atoms with Gasteiger partial charge in [0.25, 0.3) is 5.91 Å². The summed E-state index contributed by atoms with van der Waals surface area (Å²) < 4.78 is 0. The molecule has 3 N–H and O–H groups in total. The van der Waals surface area contributed by atoms with Gasteiger partial charge in [-0.15, -0.1) is 0 Å². The molecule has 0 unspecified atom stereocenters. The number of phenolic OH excluding ortho intramolecular Hbond substituents is 1. The number of nitrogens with two attached hydrogens (primary N) is 1. The fraction of sp³-hybridized carbons (Fsp3) is 0.0667. The summed E-state index contributed by atoms with van der Waals surface area (Å²) in [6, 6.07) is 13.2. The molecule has 20 heavy (non-hydrogen) atoms. The van der Waals surface area contributed by atoms with Crippen LogP contribution in [0.2, 0.25) is 0 Å². The molecule has 5 heteroatoms. The zero-order valence-electron chi connectivity index (χ0n) is 10.9. The standard InChI is InChI=1S/C15H13N3O2/c1-18(13-5-3-2-4-11(13)9-16)15(20)10-6-7-12(17)14(19)8-10/h2-8,19H,17H2,1H3. The molecule has 100 valence electrons. The number of nitrogen functional groups attached to an aromatic ring is 1. The smallest absolute Gasteiger partial charge is 0.258 e. The van der Waals surface area contributed by atoms with Gasteiger partial charge in [0.15, 0.2) is 0 Å². The first-order valence-corrected chi connectivity index (χ1v) is 5.90. The Morgan fingerprint density at radius 2 is 2.00 bits per heavy atom. The molecule has 0 aromatic heterocycles. The summed E-state index contributed by atoms with van der Waals surface area (Å²) in [7, 11) is 1.58. The van der Waals surface area contributed by atoms with Gasteiger partial charge in [-0.05, 0) is 30.3 Å². The Balaban J connectivity index is 2.38. The van der Waals surface area contributed by atoms with Gasteiger partial charge in [0.05, 0.1) is 16.9 Å². The van der Waals surface area contributed by atoms with Crippen LogP contribution in [0.5, 0.6) is 5.75 Å². The minimum Gasteiger partial charge on any atom is -0.506 e. The van der Waals surface area contributed by atoms with E-state index in [0.29, 0.717) is 16.8 Å². The molecule has 2 rings (SSSR count). The maximum absolute atomic E-state index is 12.3. The number of hydrogen-bond acceptors (Lipinski definition) is 4. The number of amides is 1. The van der Waals surface area contributed by atoms with E-state index in [4.69, 9.17) is 11.0 Å². The Kier molecular flexibility index (Phi) is 3.58. The number of para-hydroxylation sites is 1. The highest BCUT2D eigenvalue weighted by molar-refractivity contribution is 6.06. The minimum atomic E-state index is -0.331. The monoisotopic (exact) mass is 267 g/mol. The van der Waals surface area contributed by atoms with Crippen LogP contribution >= 0.6 is 0 Å². The second-order valence-electron chi connectivity index (χ2n) is 4.27. The van der Waals surface area contributed by atoms with Crippen LogP contribution in [0.15, 0.2) is 42.5 Å². The Morgan fingerprint density at radius 1 is 1.30 bits per heavy atom. The summed E-state index contributed by atoms with van der Waals surface area (Å²) in [5.41, 5.74) is 6.93. The van der Waals surface area contributed by atoms with Crippen molar-refractivity contribution in [3.05, 3.63) is 53.6 Å². The molecule has 0 fully saturated rings. The summed E-state index contributed by atoms with van der Waals surface area (Å²) in [4.78, 5) is 13.7. The van der Waals surface area contributed by atoms with Crippen LogP contribution in [-0.4, -0.2) is 18.1 Å². The molecule has 5 nitrogen and oxygen atoms in total. The average molecular weight is 267 g/mol. The molecule has 1 amide bonds. The van der Waals surface area contributed by atoms with E-state index in [1.165, 1.54) is 23.1 Å². The highest BCUT2D eigenvalue weighted by Crippen LogP contribution is 2.24. The first kappa shape index (κ1) is 13.4. The third kappa shape index (κ3) is 2.40. The van der Waals surface area contributed by atoms with Crippen LogP contribution in [0.3, 0.4) is 0 Å². The van der Waals surface area contributed by atoms with Gasteiger partial charge in [-0.25, -0.2) is 0 Å². The maximum atomic E-state index is 12.3. The lowest BCUT2D eigenvalue weighted by molar-refractivity contribution is 0.0992. The predicted octanol–water partition coefficient (Wildman–Crippen LogP) is 2.12. The van der Waals surface area contributed by atoms with Crippen molar-refractivity contribution >= 4 is 17.3 Å². The van der Waals surface area contributed by atoms with Gasteiger partial charge in [0, 0.05) is 12.6 Å². The van der Waals surface area contributed by atoms with E-state index in [1.54, 1.807) is 31.3 Å². The summed E-state index contributed by atoms with van der Waals surface area (Å²) in [6.45, 7) is 0. The van der Waals surface area contributed by atoms with Crippen LogP contribution in [0.25, 0.3) is 0 Å². The van der Waals surface area contributed by atoms with Crippen LogP contribution < -0.4 is 10.6 Å². The molecule has 0 aliphatic rings. The van der Waals surface area contributed by atoms with Crippen molar-refractivity contribution in [3.8, 4) is 11.8 Å². The van der Waals surface area contributed by atoms with Crippen molar-refractivity contribution in [3.63, 3.8) is 0 Å². The first-order valence-electron chi connectivity index (χ1n) is 5.90. The SMILES string of the molecule is CN(C(=O)c1ccc(N)c(O)c1)c1ccccc1C#N. The Bertz CT molecular complexity index is 705. The van der Waals surface area contributed by atoms with Crippen molar-refractivity contribution in [2.75, 3.05) is 17.7 Å². The van der Waals surface area contributed by atoms with E-state index < -0.39 is 0 Å². The lowest BCUT2D eigenvalue weighted by atomic mass is 10.1. The largest absolute Gasteiger partial charge is 0.506 e. The highest BCUT2D eigenvalue weighted by Gasteiger charge is 2.17. The topological polar surface area (TPSA) is 90.3 Å². The van der Waals surface area contributed by atoms with Crippen molar-refractivity contribution in [1.82, 2.24) is 0 Å². The molecule has 0 saturated heterocycles. The van der Waals surface area contributed by atoms with Gasteiger partial charge in [-0.2, -0.15) is 5.26 Å². The molecule has 0 bridgehead atoms. The number of carbonyl (C=O) groups is 1. The van der Waals surface area contributed by atoms with Crippen LogP contribution in [0.4, 0.5) is 11.4 Å².